The highest BCUT2D eigenvalue weighted by Crippen LogP contribution is 2.37. The maximum atomic E-state index is 12.9. The lowest BCUT2D eigenvalue weighted by molar-refractivity contribution is 0.0992. The van der Waals surface area contributed by atoms with Gasteiger partial charge in [0.05, 0.1) is 16.9 Å². The summed E-state index contributed by atoms with van der Waals surface area (Å²) < 4.78 is 0. The molecule has 0 unspecified atom stereocenters. The number of anilines is 2. The van der Waals surface area contributed by atoms with Crippen LogP contribution in [0, 0.1) is 0 Å². The summed E-state index contributed by atoms with van der Waals surface area (Å²) in [4.78, 5) is 24.6. The molecule has 0 aliphatic carbocycles. The molecule has 0 bridgehead atoms. The summed E-state index contributed by atoms with van der Waals surface area (Å²) in [6.07, 6.45) is 6.54. The number of pyridine rings is 1. The van der Waals surface area contributed by atoms with Gasteiger partial charge in [-0.3, -0.25) is 14.7 Å². The molecule has 6 rings (SSSR count). The van der Waals surface area contributed by atoms with Gasteiger partial charge in [-0.15, -0.1) is 0 Å². The molecule has 0 atom stereocenters. The van der Waals surface area contributed by atoms with E-state index in [1.807, 2.05) is 29.3 Å². The lowest BCUT2D eigenvalue weighted by atomic mass is 10.1. The van der Waals surface area contributed by atoms with Crippen LogP contribution in [0.1, 0.15) is 36.0 Å². The van der Waals surface area contributed by atoms with Crippen molar-refractivity contribution in [3.05, 3.63) is 78.5 Å². The molecule has 0 spiro atoms. The number of fused-ring (bicyclic) bond motifs is 1. The molecule has 5 heteroatoms. The van der Waals surface area contributed by atoms with E-state index in [-0.39, 0.29) is 5.91 Å². The van der Waals surface area contributed by atoms with E-state index in [0.29, 0.717) is 0 Å². The molecule has 2 aliphatic heterocycles. The van der Waals surface area contributed by atoms with Crippen LogP contribution in [-0.4, -0.2) is 55.1 Å². The molecule has 4 aromatic rings. The largest absolute Gasteiger partial charge is 0.367 e. The lowest BCUT2D eigenvalue weighted by Crippen LogP contribution is -2.46. The van der Waals surface area contributed by atoms with Gasteiger partial charge in [-0.1, -0.05) is 55.3 Å². The van der Waals surface area contributed by atoms with E-state index < -0.39 is 0 Å². The van der Waals surface area contributed by atoms with Gasteiger partial charge >= 0.3 is 0 Å². The topological polar surface area (TPSA) is 39.7 Å². The van der Waals surface area contributed by atoms with Gasteiger partial charge in [0.2, 0.25) is 0 Å². The summed E-state index contributed by atoms with van der Waals surface area (Å²) in [5.74, 6) is 0.163. The molecule has 178 valence electrons. The molecular weight excluding hydrogens is 432 g/mol. The highest BCUT2D eigenvalue weighted by molar-refractivity contribution is 6.25. The molecule has 0 radical (unpaired) electrons. The number of unbranched alkanes of at least 4 members (excludes halogenated alkanes) is 3. The minimum atomic E-state index is 0.163. The van der Waals surface area contributed by atoms with Crippen LogP contribution < -0.4 is 9.80 Å². The second-order valence-corrected chi connectivity index (χ2v) is 9.73. The fourth-order valence-electron chi connectivity index (χ4n) is 5.72. The molecule has 35 heavy (non-hydrogen) atoms. The summed E-state index contributed by atoms with van der Waals surface area (Å²) >= 11 is 0. The Bertz CT molecular complexity index is 1350. The molecule has 0 saturated carbocycles. The zero-order valence-electron chi connectivity index (χ0n) is 20.2. The molecular formula is C30H32N4O. The normalized spacial score (nSPS) is 16.1. The standard InChI is InChI=1S/C30H32N4O/c35-30-25-13-5-9-23-10-6-14-26(28(23)25)34(30)18-4-2-1-3-17-32-19-21-33(22-20-32)27-15-7-11-24-12-8-16-31-29(24)27/h5-16H,1-4,17-22H2. The first-order valence-corrected chi connectivity index (χ1v) is 12.9. The number of benzene rings is 3. The quantitative estimate of drug-likeness (QED) is 0.312. The van der Waals surface area contributed by atoms with Crippen molar-refractivity contribution in [1.82, 2.24) is 9.88 Å². The van der Waals surface area contributed by atoms with Crippen molar-refractivity contribution in [2.75, 3.05) is 49.1 Å². The number of hydrogen-bond donors (Lipinski definition) is 0. The van der Waals surface area contributed by atoms with E-state index >= 15 is 0 Å². The molecule has 1 fully saturated rings. The summed E-state index contributed by atoms with van der Waals surface area (Å²) in [5.41, 5.74) is 4.32. The number of hydrogen-bond acceptors (Lipinski definition) is 4. The van der Waals surface area contributed by atoms with Gasteiger partial charge in [-0.05, 0) is 49.0 Å². The van der Waals surface area contributed by atoms with Crippen LogP contribution in [0.25, 0.3) is 21.7 Å². The van der Waals surface area contributed by atoms with Crippen LogP contribution in [0.2, 0.25) is 0 Å². The van der Waals surface area contributed by atoms with Gasteiger partial charge in [-0.25, -0.2) is 0 Å². The maximum Gasteiger partial charge on any atom is 0.258 e. The minimum Gasteiger partial charge on any atom is -0.367 e. The first kappa shape index (κ1) is 22.1. The predicted molar refractivity (Wildman–Crippen MR) is 144 cm³/mol. The van der Waals surface area contributed by atoms with Crippen LogP contribution in [0.4, 0.5) is 11.4 Å². The van der Waals surface area contributed by atoms with Crippen molar-refractivity contribution in [2.24, 2.45) is 0 Å². The summed E-state index contributed by atoms with van der Waals surface area (Å²) in [6.45, 7) is 6.29. The average Bonchev–Trinajstić information content (AvgIpc) is 3.19. The molecule has 1 amide bonds. The SMILES string of the molecule is O=C1c2cccc3cccc(c23)N1CCCCCCN1CCN(c2cccc3cccnc23)CC1. The number of piperazine rings is 1. The summed E-state index contributed by atoms with van der Waals surface area (Å²) in [6, 6.07) is 22.9. The number of rotatable bonds is 8. The molecule has 3 aromatic carbocycles. The predicted octanol–water partition coefficient (Wildman–Crippen LogP) is 5.73. The third kappa shape index (κ3) is 4.25. The Balaban J connectivity index is 0.941. The van der Waals surface area contributed by atoms with Crippen LogP contribution in [0.3, 0.4) is 0 Å². The fourth-order valence-corrected chi connectivity index (χ4v) is 5.72. The average molecular weight is 465 g/mol. The first-order valence-electron chi connectivity index (χ1n) is 12.9. The lowest BCUT2D eigenvalue weighted by Gasteiger charge is -2.36. The van der Waals surface area contributed by atoms with E-state index in [9.17, 15) is 4.79 Å². The Kier molecular flexibility index (Phi) is 6.09. The van der Waals surface area contributed by atoms with Crippen molar-refractivity contribution in [3.8, 4) is 0 Å². The van der Waals surface area contributed by atoms with Crippen LogP contribution in [0.5, 0.6) is 0 Å². The molecule has 3 heterocycles. The maximum absolute atomic E-state index is 12.9. The molecule has 2 aliphatic rings. The second kappa shape index (κ2) is 9.67. The van der Waals surface area contributed by atoms with Gasteiger partial charge in [0.15, 0.2) is 0 Å². The number of amides is 1. The Morgan fingerprint density at radius 1 is 0.686 bits per heavy atom. The Labute approximate surface area is 207 Å². The van der Waals surface area contributed by atoms with E-state index in [4.69, 9.17) is 0 Å². The third-order valence-electron chi connectivity index (χ3n) is 7.58. The van der Waals surface area contributed by atoms with Crippen LogP contribution in [0.15, 0.2) is 72.9 Å². The molecule has 5 nitrogen and oxygen atoms in total. The molecule has 1 aromatic heterocycles. The van der Waals surface area contributed by atoms with Crippen molar-refractivity contribution in [2.45, 2.75) is 25.7 Å². The zero-order chi connectivity index (χ0) is 23.6. The van der Waals surface area contributed by atoms with E-state index in [2.05, 4.69) is 63.3 Å². The van der Waals surface area contributed by atoms with Gasteiger partial charge in [0.1, 0.15) is 0 Å². The smallest absolute Gasteiger partial charge is 0.258 e. The number of carbonyl (C=O) groups excluding carboxylic acids is 1. The Morgan fingerprint density at radius 3 is 2.20 bits per heavy atom. The van der Waals surface area contributed by atoms with E-state index in [0.717, 1.165) is 79.7 Å². The fraction of sp³-hybridized carbons (Fsp3) is 0.333. The highest BCUT2D eigenvalue weighted by Gasteiger charge is 2.28. The van der Waals surface area contributed by atoms with E-state index in [1.54, 1.807) is 0 Å². The third-order valence-corrected chi connectivity index (χ3v) is 7.58. The number of nitrogens with zero attached hydrogens (tertiary/aromatic N) is 4. The van der Waals surface area contributed by atoms with Crippen molar-refractivity contribution in [3.63, 3.8) is 0 Å². The molecule has 0 N–H and O–H groups in total. The monoisotopic (exact) mass is 464 g/mol. The van der Waals surface area contributed by atoms with Crippen molar-refractivity contribution >= 4 is 39.0 Å². The summed E-state index contributed by atoms with van der Waals surface area (Å²) in [5, 5.41) is 3.50. The Morgan fingerprint density at radius 2 is 1.37 bits per heavy atom. The van der Waals surface area contributed by atoms with Gasteiger partial charge in [0.25, 0.3) is 5.91 Å². The second-order valence-electron chi connectivity index (χ2n) is 9.73. The Hall–Kier alpha value is -3.44. The summed E-state index contributed by atoms with van der Waals surface area (Å²) in [7, 11) is 0. The van der Waals surface area contributed by atoms with Crippen LogP contribution >= 0.6 is 0 Å². The number of aromatic nitrogens is 1. The van der Waals surface area contributed by atoms with E-state index in [1.165, 1.54) is 23.9 Å². The minimum absolute atomic E-state index is 0.163. The highest BCUT2D eigenvalue weighted by atomic mass is 16.2. The zero-order valence-corrected chi connectivity index (χ0v) is 20.2. The van der Waals surface area contributed by atoms with Gasteiger partial charge in [-0.2, -0.15) is 0 Å². The van der Waals surface area contributed by atoms with Crippen molar-refractivity contribution in [1.29, 1.82) is 0 Å². The molecule has 1 saturated heterocycles. The van der Waals surface area contributed by atoms with Gasteiger partial charge in [0, 0.05) is 55.3 Å². The van der Waals surface area contributed by atoms with Gasteiger partial charge < -0.3 is 9.80 Å². The number of carbonyl (C=O) groups is 1. The first-order chi connectivity index (χ1) is 17.3. The van der Waals surface area contributed by atoms with Crippen LogP contribution in [-0.2, 0) is 0 Å². The van der Waals surface area contributed by atoms with Crippen molar-refractivity contribution < 1.29 is 4.79 Å². The number of para-hydroxylation sites is 1.